The number of nitrogens with zero attached hydrogens (tertiary/aromatic N) is 2. The van der Waals surface area contributed by atoms with Crippen molar-refractivity contribution >= 4 is 5.52 Å². The fourth-order valence-electron chi connectivity index (χ4n) is 2.98. The van der Waals surface area contributed by atoms with Gasteiger partial charge in [0, 0.05) is 17.8 Å². The quantitative estimate of drug-likeness (QED) is 0.503. The van der Waals surface area contributed by atoms with E-state index in [0.29, 0.717) is 17.2 Å². The SMILES string of the molecule is COc1ccc(-c2ccn3nccc(Oc4ccccc4F)c23)cc1OC. The molecular formula is C21H17FN2O3. The molecule has 136 valence electrons. The maximum atomic E-state index is 14.0. The van der Waals surface area contributed by atoms with Crippen molar-refractivity contribution in [2.45, 2.75) is 0 Å². The number of hydrogen-bond acceptors (Lipinski definition) is 4. The summed E-state index contributed by atoms with van der Waals surface area (Å²) in [5, 5.41) is 4.32. The van der Waals surface area contributed by atoms with Crippen LogP contribution in [0, 0.1) is 5.82 Å². The fourth-order valence-corrected chi connectivity index (χ4v) is 2.98. The third-order valence-electron chi connectivity index (χ3n) is 4.27. The second-order valence-electron chi connectivity index (χ2n) is 5.82. The molecule has 2 aromatic heterocycles. The van der Waals surface area contributed by atoms with Crippen molar-refractivity contribution in [3.05, 3.63) is 72.8 Å². The van der Waals surface area contributed by atoms with Gasteiger partial charge in [-0.1, -0.05) is 18.2 Å². The Morgan fingerprint density at radius 1 is 0.852 bits per heavy atom. The summed E-state index contributed by atoms with van der Waals surface area (Å²) in [6, 6.07) is 15.6. The molecule has 0 atom stereocenters. The minimum Gasteiger partial charge on any atom is -0.493 e. The molecule has 0 amide bonds. The summed E-state index contributed by atoms with van der Waals surface area (Å²) in [5.74, 6) is 1.50. The first-order chi connectivity index (χ1) is 13.2. The highest BCUT2D eigenvalue weighted by molar-refractivity contribution is 5.86. The van der Waals surface area contributed by atoms with Crippen LogP contribution in [-0.4, -0.2) is 23.8 Å². The van der Waals surface area contributed by atoms with Crippen LogP contribution in [-0.2, 0) is 0 Å². The molecule has 0 aliphatic carbocycles. The van der Waals surface area contributed by atoms with Crippen molar-refractivity contribution in [2.75, 3.05) is 14.2 Å². The standard InChI is InChI=1S/C21H17FN2O3/c1-25-18-8-7-14(13-20(18)26-2)15-10-12-24-21(15)19(9-11-23-24)27-17-6-4-3-5-16(17)22/h3-13H,1-2H3. The van der Waals surface area contributed by atoms with E-state index in [4.69, 9.17) is 14.2 Å². The van der Waals surface area contributed by atoms with Gasteiger partial charge in [0.2, 0.25) is 0 Å². The highest BCUT2D eigenvalue weighted by atomic mass is 19.1. The number of para-hydroxylation sites is 1. The van der Waals surface area contributed by atoms with E-state index in [2.05, 4.69) is 5.10 Å². The third kappa shape index (κ3) is 3.06. The van der Waals surface area contributed by atoms with E-state index >= 15 is 0 Å². The van der Waals surface area contributed by atoms with Crippen molar-refractivity contribution in [2.24, 2.45) is 0 Å². The van der Waals surface area contributed by atoms with Gasteiger partial charge in [-0.15, -0.1) is 0 Å². The summed E-state index contributed by atoms with van der Waals surface area (Å²) in [4.78, 5) is 0. The van der Waals surface area contributed by atoms with E-state index in [1.165, 1.54) is 6.07 Å². The van der Waals surface area contributed by atoms with Crippen LogP contribution in [0.1, 0.15) is 0 Å². The molecule has 0 aliphatic heterocycles. The molecule has 0 unspecified atom stereocenters. The van der Waals surface area contributed by atoms with Crippen LogP contribution in [0.3, 0.4) is 0 Å². The Hall–Kier alpha value is -3.54. The zero-order valence-corrected chi connectivity index (χ0v) is 14.8. The van der Waals surface area contributed by atoms with Crippen molar-refractivity contribution in [1.82, 2.24) is 9.61 Å². The van der Waals surface area contributed by atoms with Gasteiger partial charge in [-0.2, -0.15) is 5.10 Å². The Morgan fingerprint density at radius 2 is 1.67 bits per heavy atom. The van der Waals surface area contributed by atoms with Crippen molar-refractivity contribution < 1.29 is 18.6 Å². The van der Waals surface area contributed by atoms with Crippen molar-refractivity contribution in [3.8, 4) is 34.1 Å². The number of aromatic nitrogens is 2. The molecular weight excluding hydrogens is 347 g/mol. The first kappa shape index (κ1) is 16.9. The summed E-state index contributed by atoms with van der Waals surface area (Å²) in [6.07, 6.45) is 3.44. The molecule has 2 aromatic carbocycles. The van der Waals surface area contributed by atoms with Crippen LogP contribution >= 0.6 is 0 Å². The van der Waals surface area contributed by atoms with Gasteiger partial charge >= 0.3 is 0 Å². The Kier molecular flexibility index (Phi) is 4.38. The molecule has 0 radical (unpaired) electrons. The predicted octanol–water partition coefficient (Wildman–Crippen LogP) is 4.95. The minimum atomic E-state index is -0.424. The third-order valence-corrected chi connectivity index (χ3v) is 4.27. The molecule has 6 heteroatoms. The zero-order chi connectivity index (χ0) is 18.8. The Bertz CT molecular complexity index is 1110. The lowest BCUT2D eigenvalue weighted by atomic mass is 10.1. The molecule has 4 aromatic rings. The number of halogens is 1. The topological polar surface area (TPSA) is 45.0 Å². The van der Waals surface area contributed by atoms with Crippen molar-refractivity contribution in [3.63, 3.8) is 0 Å². The largest absolute Gasteiger partial charge is 0.493 e. The predicted molar refractivity (Wildman–Crippen MR) is 100 cm³/mol. The first-order valence-electron chi connectivity index (χ1n) is 8.32. The van der Waals surface area contributed by atoms with Gasteiger partial charge in [-0.05, 0) is 35.9 Å². The summed E-state index contributed by atoms with van der Waals surface area (Å²) in [6.45, 7) is 0. The summed E-state index contributed by atoms with van der Waals surface area (Å²) in [5.41, 5.74) is 2.52. The average Bonchev–Trinajstić information content (AvgIpc) is 3.14. The molecule has 0 N–H and O–H groups in total. The van der Waals surface area contributed by atoms with Gasteiger partial charge in [-0.3, -0.25) is 0 Å². The summed E-state index contributed by atoms with van der Waals surface area (Å²) >= 11 is 0. The molecule has 0 spiro atoms. The van der Waals surface area contributed by atoms with Gasteiger partial charge in [-0.25, -0.2) is 8.91 Å². The molecule has 0 saturated carbocycles. The van der Waals surface area contributed by atoms with Crippen LogP contribution in [0.2, 0.25) is 0 Å². The average molecular weight is 364 g/mol. The summed E-state index contributed by atoms with van der Waals surface area (Å²) in [7, 11) is 3.18. The number of methoxy groups -OCH3 is 2. The number of ether oxygens (including phenoxy) is 3. The lowest BCUT2D eigenvalue weighted by molar-refractivity contribution is 0.355. The van der Waals surface area contributed by atoms with Crippen LogP contribution < -0.4 is 14.2 Å². The van der Waals surface area contributed by atoms with Crippen LogP contribution in [0.4, 0.5) is 4.39 Å². The lowest BCUT2D eigenvalue weighted by Gasteiger charge is -2.11. The minimum absolute atomic E-state index is 0.157. The highest BCUT2D eigenvalue weighted by Crippen LogP contribution is 2.38. The van der Waals surface area contributed by atoms with Crippen LogP contribution in [0.5, 0.6) is 23.0 Å². The van der Waals surface area contributed by atoms with Gasteiger partial charge in [0.05, 0.1) is 20.4 Å². The Labute approximate surface area is 155 Å². The molecule has 5 nitrogen and oxygen atoms in total. The fraction of sp³-hybridized carbons (Fsp3) is 0.0952. The number of benzene rings is 2. The first-order valence-corrected chi connectivity index (χ1v) is 8.32. The number of rotatable bonds is 5. The zero-order valence-electron chi connectivity index (χ0n) is 14.8. The van der Waals surface area contributed by atoms with Gasteiger partial charge < -0.3 is 14.2 Å². The Balaban J connectivity index is 1.85. The Morgan fingerprint density at radius 3 is 2.44 bits per heavy atom. The smallest absolute Gasteiger partial charge is 0.165 e. The van der Waals surface area contributed by atoms with E-state index in [1.54, 1.807) is 49.2 Å². The van der Waals surface area contributed by atoms with E-state index in [-0.39, 0.29) is 5.75 Å². The molecule has 0 saturated heterocycles. The second kappa shape index (κ2) is 6.99. The lowest BCUT2D eigenvalue weighted by Crippen LogP contribution is -1.95. The van der Waals surface area contributed by atoms with Crippen molar-refractivity contribution in [1.29, 1.82) is 0 Å². The van der Waals surface area contributed by atoms with E-state index in [1.807, 2.05) is 30.5 Å². The van der Waals surface area contributed by atoms with Crippen LogP contribution in [0.25, 0.3) is 16.6 Å². The normalized spacial score (nSPS) is 10.8. The van der Waals surface area contributed by atoms with Crippen LogP contribution in [0.15, 0.2) is 67.0 Å². The molecule has 0 bridgehead atoms. The molecule has 27 heavy (non-hydrogen) atoms. The second-order valence-corrected chi connectivity index (χ2v) is 5.82. The number of fused-ring (bicyclic) bond motifs is 1. The summed E-state index contributed by atoms with van der Waals surface area (Å²) < 4.78 is 32.3. The van der Waals surface area contributed by atoms with E-state index < -0.39 is 5.82 Å². The van der Waals surface area contributed by atoms with E-state index in [9.17, 15) is 4.39 Å². The number of hydrogen-bond donors (Lipinski definition) is 0. The van der Waals surface area contributed by atoms with Gasteiger partial charge in [0.1, 0.15) is 5.52 Å². The highest BCUT2D eigenvalue weighted by Gasteiger charge is 2.15. The molecule has 0 fully saturated rings. The van der Waals surface area contributed by atoms with Gasteiger partial charge in [0.25, 0.3) is 0 Å². The van der Waals surface area contributed by atoms with E-state index in [0.717, 1.165) is 16.6 Å². The van der Waals surface area contributed by atoms with Gasteiger partial charge in [0.15, 0.2) is 28.8 Å². The molecule has 2 heterocycles. The maximum Gasteiger partial charge on any atom is 0.165 e. The monoisotopic (exact) mass is 364 g/mol. The molecule has 4 rings (SSSR count). The maximum absolute atomic E-state index is 14.0. The molecule has 0 aliphatic rings.